The molecule has 0 radical (unpaired) electrons. The van der Waals surface area contributed by atoms with Gasteiger partial charge in [-0.1, -0.05) is 49.4 Å². The van der Waals surface area contributed by atoms with Crippen LogP contribution in [0, 0.1) is 5.92 Å². The molecule has 0 bridgehead atoms. The SMILES string of the molecule is CC(C)Cc1cc(NC(=O)Nc2cnc(Oc3ccc(-c4cnc(N5CCCC5=O)s4)cc3)nc2)n(C2CCc3ccccc3C2)n1. The van der Waals surface area contributed by atoms with Crippen LogP contribution in [0.25, 0.3) is 10.4 Å². The summed E-state index contributed by atoms with van der Waals surface area (Å²) in [4.78, 5) is 40.9. The van der Waals surface area contributed by atoms with Gasteiger partial charge in [0.05, 0.1) is 34.7 Å². The molecule has 5 aromatic rings. The summed E-state index contributed by atoms with van der Waals surface area (Å²) in [5, 5.41) is 11.5. The summed E-state index contributed by atoms with van der Waals surface area (Å²) in [6.07, 6.45) is 9.91. The molecule has 1 fully saturated rings. The monoisotopic (exact) mass is 648 g/mol. The van der Waals surface area contributed by atoms with E-state index in [1.165, 1.54) is 34.9 Å². The van der Waals surface area contributed by atoms with E-state index in [1.54, 1.807) is 11.1 Å². The number of nitrogens with zero attached hydrogens (tertiary/aromatic N) is 6. The fraction of sp³-hybridized carbons (Fsp3) is 0.314. The van der Waals surface area contributed by atoms with Gasteiger partial charge in [0.2, 0.25) is 5.91 Å². The molecule has 3 amide bonds. The van der Waals surface area contributed by atoms with E-state index >= 15 is 0 Å². The summed E-state index contributed by atoms with van der Waals surface area (Å²) < 4.78 is 7.82. The quantitative estimate of drug-likeness (QED) is 0.172. The summed E-state index contributed by atoms with van der Waals surface area (Å²) in [7, 11) is 0. The van der Waals surface area contributed by atoms with E-state index in [2.05, 4.69) is 63.7 Å². The standard InChI is InChI=1S/C35H36N8O3S/c1-22(2)16-26-18-31(43(41-26)28-12-9-23-6-3-4-7-25(23)17-28)40-33(45)39-27-19-36-34(37-20-27)46-29-13-10-24(11-14-29)30-21-38-35(47-30)42-15-5-8-32(42)44/h3-4,6-7,10-11,13-14,18-22,28H,5,8-9,12,15-17H2,1-2H3,(H2,39,40,45). The number of hydrogen-bond donors (Lipinski definition) is 2. The summed E-state index contributed by atoms with van der Waals surface area (Å²) >= 11 is 1.50. The van der Waals surface area contributed by atoms with Crippen molar-refractivity contribution in [1.82, 2.24) is 24.7 Å². The Hall–Kier alpha value is -5.10. The summed E-state index contributed by atoms with van der Waals surface area (Å²) in [6.45, 7) is 5.05. The maximum atomic E-state index is 13.1. The smallest absolute Gasteiger partial charge is 0.324 e. The Morgan fingerprint density at radius 2 is 1.79 bits per heavy atom. The number of carbonyl (C=O) groups is 2. The molecule has 1 aliphatic heterocycles. The summed E-state index contributed by atoms with van der Waals surface area (Å²) in [5.41, 5.74) is 5.09. The average Bonchev–Trinajstić information content (AvgIpc) is 3.82. The van der Waals surface area contributed by atoms with Crippen LogP contribution in [-0.2, 0) is 24.1 Å². The number of hydrogen-bond acceptors (Lipinski definition) is 8. The number of ether oxygens (including phenoxy) is 1. The van der Waals surface area contributed by atoms with Gasteiger partial charge in [0.25, 0.3) is 0 Å². The highest BCUT2D eigenvalue weighted by Crippen LogP contribution is 2.34. The molecule has 2 aliphatic rings. The molecule has 4 heterocycles. The highest BCUT2D eigenvalue weighted by molar-refractivity contribution is 7.19. The van der Waals surface area contributed by atoms with Gasteiger partial charge in [-0.15, -0.1) is 0 Å². The number of amides is 3. The highest BCUT2D eigenvalue weighted by Gasteiger charge is 2.25. The second-order valence-corrected chi connectivity index (χ2v) is 13.4. The number of anilines is 3. The van der Waals surface area contributed by atoms with Crippen molar-refractivity contribution in [3.05, 3.63) is 90.0 Å². The minimum Gasteiger partial charge on any atom is -0.424 e. The molecule has 1 unspecified atom stereocenters. The van der Waals surface area contributed by atoms with Gasteiger partial charge in [0.15, 0.2) is 5.13 Å². The Morgan fingerprint density at radius 3 is 2.53 bits per heavy atom. The normalized spacial score (nSPS) is 15.9. The third kappa shape index (κ3) is 7.02. The number of carbonyl (C=O) groups excluding carboxylic acids is 2. The van der Waals surface area contributed by atoms with Crippen molar-refractivity contribution in [3.63, 3.8) is 0 Å². The molecule has 0 spiro atoms. The Morgan fingerprint density at radius 1 is 1.00 bits per heavy atom. The molecule has 1 saturated heterocycles. The van der Waals surface area contributed by atoms with Crippen LogP contribution in [0.3, 0.4) is 0 Å². The van der Waals surface area contributed by atoms with Crippen LogP contribution in [0.5, 0.6) is 11.8 Å². The van der Waals surface area contributed by atoms with E-state index < -0.39 is 6.03 Å². The van der Waals surface area contributed by atoms with Crippen LogP contribution >= 0.6 is 11.3 Å². The number of aryl methyl sites for hydroxylation is 1. The predicted molar refractivity (Wildman–Crippen MR) is 182 cm³/mol. The molecule has 12 heteroatoms. The maximum absolute atomic E-state index is 13.1. The van der Waals surface area contributed by atoms with Crippen molar-refractivity contribution in [2.45, 2.75) is 58.4 Å². The number of nitrogens with one attached hydrogen (secondary N) is 2. The lowest BCUT2D eigenvalue weighted by Crippen LogP contribution is -2.25. The van der Waals surface area contributed by atoms with Gasteiger partial charge in [-0.3, -0.25) is 15.0 Å². The second kappa shape index (κ2) is 13.3. The van der Waals surface area contributed by atoms with Crippen molar-refractivity contribution in [3.8, 4) is 22.2 Å². The molecule has 1 atom stereocenters. The third-order valence-corrected chi connectivity index (χ3v) is 9.41. The molecule has 7 rings (SSSR count). The van der Waals surface area contributed by atoms with Crippen molar-refractivity contribution in [2.24, 2.45) is 5.92 Å². The average molecular weight is 649 g/mol. The van der Waals surface area contributed by atoms with Gasteiger partial charge in [0.1, 0.15) is 11.6 Å². The van der Waals surface area contributed by atoms with E-state index in [1.807, 2.05) is 35.0 Å². The Bertz CT molecular complexity index is 1880. The molecule has 2 N–H and O–H groups in total. The molecule has 2 aromatic carbocycles. The maximum Gasteiger partial charge on any atom is 0.324 e. The lowest BCUT2D eigenvalue weighted by atomic mass is 9.88. The number of urea groups is 1. The number of benzene rings is 2. The van der Waals surface area contributed by atoms with Crippen molar-refractivity contribution < 1.29 is 14.3 Å². The fourth-order valence-corrected chi connectivity index (χ4v) is 7.07. The molecular weight excluding hydrogens is 613 g/mol. The van der Waals surface area contributed by atoms with E-state index in [9.17, 15) is 9.59 Å². The van der Waals surface area contributed by atoms with E-state index in [4.69, 9.17) is 9.84 Å². The molecule has 1 aliphatic carbocycles. The van der Waals surface area contributed by atoms with Crippen LogP contribution in [0.15, 0.2) is 73.2 Å². The lowest BCUT2D eigenvalue weighted by molar-refractivity contribution is -0.117. The first-order valence-corrected chi connectivity index (χ1v) is 16.8. The van der Waals surface area contributed by atoms with Gasteiger partial charge in [-0.2, -0.15) is 5.10 Å². The number of rotatable bonds is 9. The minimum absolute atomic E-state index is 0.126. The zero-order valence-electron chi connectivity index (χ0n) is 26.3. The number of aromatic nitrogens is 5. The minimum atomic E-state index is -0.397. The molecule has 240 valence electrons. The molecule has 11 nitrogen and oxygen atoms in total. The molecular formula is C35H36N8O3S. The Kier molecular flexibility index (Phi) is 8.66. The van der Waals surface area contributed by atoms with Gasteiger partial charge in [-0.25, -0.2) is 24.4 Å². The van der Waals surface area contributed by atoms with Crippen LogP contribution in [-0.4, -0.2) is 43.2 Å². The summed E-state index contributed by atoms with van der Waals surface area (Å²) in [5.74, 6) is 1.82. The van der Waals surface area contributed by atoms with Crippen LogP contribution in [0.1, 0.15) is 56.0 Å². The lowest BCUT2D eigenvalue weighted by Gasteiger charge is -2.26. The van der Waals surface area contributed by atoms with E-state index in [-0.39, 0.29) is 18.0 Å². The zero-order chi connectivity index (χ0) is 32.3. The van der Waals surface area contributed by atoms with Crippen molar-refractivity contribution in [1.29, 1.82) is 0 Å². The highest BCUT2D eigenvalue weighted by atomic mass is 32.1. The topological polar surface area (TPSA) is 127 Å². The zero-order valence-corrected chi connectivity index (χ0v) is 27.2. The van der Waals surface area contributed by atoms with Gasteiger partial charge >= 0.3 is 12.0 Å². The van der Waals surface area contributed by atoms with Crippen LogP contribution in [0.2, 0.25) is 0 Å². The van der Waals surface area contributed by atoms with Crippen molar-refractivity contribution in [2.75, 3.05) is 22.1 Å². The first-order chi connectivity index (χ1) is 22.9. The predicted octanol–water partition coefficient (Wildman–Crippen LogP) is 7.29. The molecule has 0 saturated carbocycles. The number of fused-ring (bicyclic) bond motifs is 1. The Balaban J connectivity index is 0.970. The van der Waals surface area contributed by atoms with E-state index in [0.717, 1.165) is 59.9 Å². The molecule has 47 heavy (non-hydrogen) atoms. The first kappa shape index (κ1) is 30.5. The fourth-order valence-electron chi connectivity index (χ4n) is 6.10. The summed E-state index contributed by atoms with van der Waals surface area (Å²) in [6, 6.07) is 18.0. The van der Waals surface area contributed by atoms with Crippen LogP contribution in [0.4, 0.5) is 21.4 Å². The largest absolute Gasteiger partial charge is 0.424 e. The number of thiazole rings is 1. The van der Waals surface area contributed by atoms with Gasteiger partial charge in [-0.05, 0) is 79.0 Å². The second-order valence-electron chi connectivity index (χ2n) is 12.3. The van der Waals surface area contributed by atoms with Crippen molar-refractivity contribution >= 4 is 39.9 Å². The molecule has 3 aromatic heterocycles. The van der Waals surface area contributed by atoms with Gasteiger partial charge < -0.3 is 10.1 Å². The third-order valence-electron chi connectivity index (χ3n) is 8.34. The van der Waals surface area contributed by atoms with E-state index in [0.29, 0.717) is 29.6 Å². The van der Waals surface area contributed by atoms with Crippen LogP contribution < -0.4 is 20.3 Å². The Labute approximate surface area is 277 Å². The van der Waals surface area contributed by atoms with Gasteiger partial charge in [0, 0.05) is 25.2 Å². The first-order valence-electron chi connectivity index (χ1n) is 16.0.